The average molecular weight is 269 g/mol. The third-order valence-corrected chi connectivity index (χ3v) is 4.36. The molecule has 1 aromatic rings. The van der Waals surface area contributed by atoms with Crippen LogP contribution in [0.1, 0.15) is 12.8 Å². The Labute approximate surface area is 111 Å². The molecule has 3 rings (SSSR count). The van der Waals surface area contributed by atoms with Crippen LogP contribution in [0.2, 0.25) is 5.02 Å². The number of fused-ring (bicyclic) bond motifs is 1. The second-order valence-electron chi connectivity index (χ2n) is 5.10. The van der Waals surface area contributed by atoms with Gasteiger partial charge < -0.3 is 15.4 Å². The number of methoxy groups -OCH3 is 1. The fourth-order valence-corrected chi connectivity index (χ4v) is 3.35. The summed E-state index contributed by atoms with van der Waals surface area (Å²) in [7, 11) is 1.56. The van der Waals surface area contributed by atoms with Crippen LogP contribution in [0.3, 0.4) is 0 Å². The molecular weight excluding hydrogens is 252 g/mol. The standard InChI is InChI=1S/C12H17ClN4O/c1-18-12-15-4-9(13)11(16-12)17-5-7-2-3-10(14)8(7)6-17/h4,7-8,10H,2-3,5-6,14H2,1H3. The first-order valence-corrected chi connectivity index (χ1v) is 6.64. The van der Waals surface area contributed by atoms with Crippen molar-refractivity contribution in [3.05, 3.63) is 11.2 Å². The van der Waals surface area contributed by atoms with E-state index in [1.807, 2.05) is 0 Å². The maximum absolute atomic E-state index is 6.17. The van der Waals surface area contributed by atoms with E-state index < -0.39 is 0 Å². The lowest BCUT2D eigenvalue weighted by atomic mass is 9.98. The summed E-state index contributed by atoms with van der Waals surface area (Å²) in [4.78, 5) is 10.6. The molecule has 1 saturated heterocycles. The van der Waals surface area contributed by atoms with Crippen molar-refractivity contribution >= 4 is 17.4 Å². The number of nitrogens with two attached hydrogens (primary N) is 1. The van der Waals surface area contributed by atoms with E-state index in [0.29, 0.717) is 28.9 Å². The zero-order valence-corrected chi connectivity index (χ0v) is 11.1. The van der Waals surface area contributed by atoms with Gasteiger partial charge in [0.05, 0.1) is 13.3 Å². The molecular formula is C12H17ClN4O. The summed E-state index contributed by atoms with van der Waals surface area (Å²) in [6.45, 7) is 1.92. The molecule has 0 radical (unpaired) electrons. The van der Waals surface area contributed by atoms with Gasteiger partial charge in [-0.1, -0.05) is 11.6 Å². The van der Waals surface area contributed by atoms with Crippen molar-refractivity contribution < 1.29 is 4.74 Å². The number of rotatable bonds is 2. The van der Waals surface area contributed by atoms with Crippen molar-refractivity contribution in [2.24, 2.45) is 17.6 Å². The van der Waals surface area contributed by atoms with Gasteiger partial charge in [-0.05, 0) is 24.7 Å². The summed E-state index contributed by atoms with van der Waals surface area (Å²) in [6, 6.07) is 0.679. The van der Waals surface area contributed by atoms with E-state index in [1.165, 1.54) is 6.42 Å². The predicted molar refractivity (Wildman–Crippen MR) is 70.0 cm³/mol. The molecule has 5 nitrogen and oxygen atoms in total. The molecule has 1 saturated carbocycles. The fraction of sp³-hybridized carbons (Fsp3) is 0.667. The van der Waals surface area contributed by atoms with E-state index in [1.54, 1.807) is 13.3 Å². The Hall–Kier alpha value is -1.07. The molecule has 1 aliphatic carbocycles. The second-order valence-corrected chi connectivity index (χ2v) is 5.51. The van der Waals surface area contributed by atoms with E-state index >= 15 is 0 Å². The van der Waals surface area contributed by atoms with Crippen LogP contribution in [0.15, 0.2) is 6.20 Å². The zero-order chi connectivity index (χ0) is 12.7. The Morgan fingerprint density at radius 3 is 3.00 bits per heavy atom. The first-order valence-electron chi connectivity index (χ1n) is 6.26. The first kappa shape index (κ1) is 12.0. The lowest BCUT2D eigenvalue weighted by Gasteiger charge is -2.20. The van der Waals surface area contributed by atoms with E-state index in [4.69, 9.17) is 22.1 Å². The topological polar surface area (TPSA) is 64.3 Å². The van der Waals surface area contributed by atoms with Crippen molar-refractivity contribution in [1.82, 2.24) is 9.97 Å². The van der Waals surface area contributed by atoms with Gasteiger partial charge in [0.1, 0.15) is 5.02 Å². The van der Waals surface area contributed by atoms with Gasteiger partial charge in [0.15, 0.2) is 5.82 Å². The molecule has 1 aromatic heterocycles. The largest absolute Gasteiger partial charge is 0.467 e. The van der Waals surface area contributed by atoms with Crippen LogP contribution in [-0.2, 0) is 0 Å². The van der Waals surface area contributed by atoms with Crippen molar-refractivity contribution in [2.75, 3.05) is 25.1 Å². The van der Waals surface area contributed by atoms with Crippen LogP contribution >= 0.6 is 11.6 Å². The number of nitrogens with zero attached hydrogens (tertiary/aromatic N) is 3. The first-order chi connectivity index (χ1) is 8.69. The Morgan fingerprint density at radius 1 is 1.44 bits per heavy atom. The van der Waals surface area contributed by atoms with Gasteiger partial charge in [-0.15, -0.1) is 0 Å². The van der Waals surface area contributed by atoms with Gasteiger partial charge in [-0.3, -0.25) is 0 Å². The third-order valence-electron chi connectivity index (χ3n) is 4.10. The Balaban J connectivity index is 1.84. The molecule has 2 heterocycles. The van der Waals surface area contributed by atoms with E-state index in [9.17, 15) is 0 Å². The van der Waals surface area contributed by atoms with Gasteiger partial charge >= 0.3 is 6.01 Å². The highest BCUT2D eigenvalue weighted by Crippen LogP contribution is 2.40. The normalized spacial score (nSPS) is 30.6. The summed E-state index contributed by atoms with van der Waals surface area (Å²) in [5.74, 6) is 2.02. The van der Waals surface area contributed by atoms with E-state index in [2.05, 4.69) is 14.9 Å². The second kappa shape index (κ2) is 4.55. The van der Waals surface area contributed by atoms with Gasteiger partial charge in [0, 0.05) is 19.1 Å². The average Bonchev–Trinajstić information content (AvgIpc) is 2.93. The van der Waals surface area contributed by atoms with E-state index in [-0.39, 0.29) is 0 Å². The number of anilines is 1. The Morgan fingerprint density at radius 2 is 2.28 bits per heavy atom. The van der Waals surface area contributed by atoms with Gasteiger partial charge in [-0.25, -0.2) is 4.98 Å². The number of hydrogen-bond acceptors (Lipinski definition) is 5. The molecule has 2 aliphatic rings. The lowest BCUT2D eigenvalue weighted by molar-refractivity contribution is 0.380. The lowest BCUT2D eigenvalue weighted by Crippen LogP contribution is -2.30. The van der Waals surface area contributed by atoms with Crippen LogP contribution in [0.5, 0.6) is 6.01 Å². The minimum Gasteiger partial charge on any atom is -0.467 e. The zero-order valence-electron chi connectivity index (χ0n) is 10.3. The predicted octanol–water partition coefficient (Wildman–Crippen LogP) is 1.31. The van der Waals surface area contributed by atoms with Crippen molar-refractivity contribution in [2.45, 2.75) is 18.9 Å². The number of hydrogen-bond donors (Lipinski definition) is 1. The molecule has 1 aliphatic heterocycles. The smallest absolute Gasteiger partial charge is 0.318 e. The molecule has 98 valence electrons. The molecule has 6 heteroatoms. The molecule has 18 heavy (non-hydrogen) atoms. The Kier molecular flexibility index (Phi) is 3.03. The monoisotopic (exact) mass is 268 g/mol. The molecule has 0 spiro atoms. The summed E-state index contributed by atoms with van der Waals surface area (Å²) in [5.41, 5.74) is 6.14. The SMILES string of the molecule is COc1ncc(Cl)c(N2CC3CCC(N)C3C2)n1. The molecule has 2 N–H and O–H groups in total. The molecule has 0 bridgehead atoms. The van der Waals surface area contributed by atoms with Gasteiger partial charge in [0.2, 0.25) is 0 Å². The van der Waals surface area contributed by atoms with Crippen LogP contribution in [0.4, 0.5) is 5.82 Å². The number of halogens is 1. The minimum absolute atomic E-state index is 0.322. The third kappa shape index (κ3) is 1.91. The van der Waals surface area contributed by atoms with Crippen LogP contribution in [0, 0.1) is 11.8 Å². The highest BCUT2D eigenvalue weighted by molar-refractivity contribution is 6.32. The summed E-state index contributed by atoms with van der Waals surface area (Å²) >= 11 is 6.17. The summed E-state index contributed by atoms with van der Waals surface area (Å²) in [5, 5.41) is 0.573. The summed E-state index contributed by atoms with van der Waals surface area (Å²) < 4.78 is 5.05. The molecule has 2 fully saturated rings. The van der Waals surface area contributed by atoms with Crippen LogP contribution in [-0.4, -0.2) is 36.2 Å². The van der Waals surface area contributed by atoms with Crippen molar-refractivity contribution in [3.63, 3.8) is 0 Å². The van der Waals surface area contributed by atoms with Crippen molar-refractivity contribution in [1.29, 1.82) is 0 Å². The molecule has 3 unspecified atom stereocenters. The highest BCUT2D eigenvalue weighted by Gasteiger charge is 2.41. The maximum Gasteiger partial charge on any atom is 0.318 e. The highest BCUT2D eigenvalue weighted by atomic mass is 35.5. The number of aromatic nitrogens is 2. The van der Waals surface area contributed by atoms with Crippen molar-refractivity contribution in [3.8, 4) is 6.01 Å². The molecule has 0 aromatic carbocycles. The maximum atomic E-state index is 6.17. The van der Waals surface area contributed by atoms with E-state index in [0.717, 1.165) is 25.3 Å². The minimum atomic E-state index is 0.322. The van der Waals surface area contributed by atoms with Gasteiger partial charge in [-0.2, -0.15) is 4.98 Å². The quantitative estimate of drug-likeness (QED) is 0.876. The van der Waals surface area contributed by atoms with Crippen LogP contribution in [0.25, 0.3) is 0 Å². The van der Waals surface area contributed by atoms with Gasteiger partial charge in [0.25, 0.3) is 0 Å². The fourth-order valence-electron chi connectivity index (χ4n) is 3.14. The number of ether oxygens (including phenoxy) is 1. The summed E-state index contributed by atoms with van der Waals surface area (Å²) in [6.07, 6.45) is 3.95. The van der Waals surface area contributed by atoms with Crippen LogP contribution < -0.4 is 15.4 Å². The molecule has 0 amide bonds. The molecule has 3 atom stereocenters. The Bertz CT molecular complexity index is 456.